The van der Waals surface area contributed by atoms with Gasteiger partial charge in [0.1, 0.15) is 0 Å². The lowest BCUT2D eigenvalue weighted by molar-refractivity contribution is -0.121. The minimum Gasteiger partial charge on any atom is -0.450 e. The van der Waals surface area contributed by atoms with Crippen LogP contribution in [0.1, 0.15) is 25.3 Å². The molecule has 1 fully saturated rings. The quantitative estimate of drug-likeness (QED) is 0.822. The van der Waals surface area contributed by atoms with Gasteiger partial charge in [-0.25, -0.2) is 4.79 Å². The van der Waals surface area contributed by atoms with Gasteiger partial charge < -0.3 is 20.3 Å². The maximum atomic E-state index is 12.0. The SMILES string of the molecule is CCOC(=O)N1CCC(NC(=O)CNCc2ccccc2Cl)CC1. The topological polar surface area (TPSA) is 70.7 Å². The zero-order chi connectivity index (χ0) is 17.4. The van der Waals surface area contributed by atoms with Crippen LogP contribution in [0.25, 0.3) is 0 Å². The fourth-order valence-corrected chi connectivity index (χ4v) is 2.85. The van der Waals surface area contributed by atoms with Crippen LogP contribution in [0.5, 0.6) is 0 Å². The summed E-state index contributed by atoms with van der Waals surface area (Å²) in [7, 11) is 0. The van der Waals surface area contributed by atoms with Gasteiger partial charge >= 0.3 is 6.09 Å². The third-order valence-electron chi connectivity index (χ3n) is 3.94. The number of carbonyl (C=O) groups excluding carboxylic acids is 2. The van der Waals surface area contributed by atoms with Gasteiger partial charge in [-0.2, -0.15) is 0 Å². The zero-order valence-corrected chi connectivity index (χ0v) is 14.6. The van der Waals surface area contributed by atoms with Crippen molar-refractivity contribution >= 4 is 23.6 Å². The minimum atomic E-state index is -0.274. The summed E-state index contributed by atoms with van der Waals surface area (Å²) in [4.78, 5) is 25.3. The molecule has 1 aromatic rings. The Hall–Kier alpha value is -1.79. The number of hydrogen-bond acceptors (Lipinski definition) is 4. The van der Waals surface area contributed by atoms with Crippen LogP contribution < -0.4 is 10.6 Å². The fourth-order valence-electron chi connectivity index (χ4n) is 2.65. The van der Waals surface area contributed by atoms with Crippen molar-refractivity contribution in [3.63, 3.8) is 0 Å². The van der Waals surface area contributed by atoms with Gasteiger partial charge in [0.2, 0.25) is 5.91 Å². The van der Waals surface area contributed by atoms with Gasteiger partial charge in [-0.3, -0.25) is 4.79 Å². The van der Waals surface area contributed by atoms with E-state index in [-0.39, 0.29) is 24.6 Å². The van der Waals surface area contributed by atoms with Crippen molar-refractivity contribution in [2.45, 2.75) is 32.4 Å². The van der Waals surface area contributed by atoms with E-state index in [1.54, 1.807) is 11.8 Å². The van der Waals surface area contributed by atoms with Crippen molar-refractivity contribution in [2.75, 3.05) is 26.2 Å². The van der Waals surface area contributed by atoms with Crippen LogP contribution in [0.3, 0.4) is 0 Å². The van der Waals surface area contributed by atoms with E-state index in [1.807, 2.05) is 24.3 Å². The molecule has 0 atom stereocenters. The Morgan fingerprint density at radius 3 is 2.67 bits per heavy atom. The van der Waals surface area contributed by atoms with Crippen molar-refractivity contribution in [3.05, 3.63) is 34.9 Å². The van der Waals surface area contributed by atoms with Gasteiger partial charge in [-0.15, -0.1) is 0 Å². The van der Waals surface area contributed by atoms with Gasteiger partial charge in [-0.05, 0) is 31.4 Å². The summed E-state index contributed by atoms with van der Waals surface area (Å²) in [6, 6.07) is 7.65. The Kier molecular flexibility index (Phi) is 7.34. The lowest BCUT2D eigenvalue weighted by atomic mass is 10.1. The van der Waals surface area contributed by atoms with E-state index in [2.05, 4.69) is 10.6 Å². The molecule has 24 heavy (non-hydrogen) atoms. The Labute approximate surface area is 147 Å². The highest BCUT2D eigenvalue weighted by molar-refractivity contribution is 6.31. The smallest absolute Gasteiger partial charge is 0.409 e. The second-order valence-electron chi connectivity index (χ2n) is 5.72. The summed E-state index contributed by atoms with van der Waals surface area (Å²) >= 11 is 6.07. The van der Waals surface area contributed by atoms with Gasteiger partial charge in [0.25, 0.3) is 0 Å². The monoisotopic (exact) mass is 353 g/mol. The number of amides is 2. The van der Waals surface area contributed by atoms with Crippen molar-refractivity contribution in [2.24, 2.45) is 0 Å². The molecule has 7 heteroatoms. The normalized spacial score (nSPS) is 15.2. The predicted molar refractivity (Wildman–Crippen MR) is 92.9 cm³/mol. The van der Waals surface area contributed by atoms with Crippen molar-refractivity contribution in [3.8, 4) is 0 Å². The van der Waals surface area contributed by atoms with Crippen molar-refractivity contribution < 1.29 is 14.3 Å². The first-order valence-electron chi connectivity index (χ1n) is 8.25. The molecular weight excluding hydrogens is 330 g/mol. The fraction of sp³-hybridized carbons (Fsp3) is 0.529. The molecule has 6 nitrogen and oxygen atoms in total. The van der Waals surface area contributed by atoms with Gasteiger partial charge in [0, 0.05) is 30.7 Å². The highest BCUT2D eigenvalue weighted by Crippen LogP contribution is 2.14. The van der Waals surface area contributed by atoms with Crippen LogP contribution in [-0.2, 0) is 16.1 Å². The molecule has 0 spiro atoms. The Balaban J connectivity index is 1.65. The third kappa shape index (κ3) is 5.69. The van der Waals surface area contributed by atoms with Crippen LogP contribution in [0.4, 0.5) is 4.79 Å². The van der Waals surface area contributed by atoms with E-state index in [1.165, 1.54) is 0 Å². The molecule has 1 heterocycles. The van der Waals surface area contributed by atoms with E-state index in [0.717, 1.165) is 18.4 Å². The molecule has 2 rings (SSSR count). The zero-order valence-electron chi connectivity index (χ0n) is 13.9. The number of rotatable bonds is 6. The predicted octanol–water partition coefficient (Wildman–Crippen LogP) is 2.17. The number of nitrogens with zero attached hydrogens (tertiary/aromatic N) is 1. The lowest BCUT2D eigenvalue weighted by Crippen LogP contribution is -2.48. The third-order valence-corrected chi connectivity index (χ3v) is 4.31. The number of nitrogens with one attached hydrogen (secondary N) is 2. The lowest BCUT2D eigenvalue weighted by Gasteiger charge is -2.31. The molecule has 0 aromatic heterocycles. The maximum Gasteiger partial charge on any atom is 0.409 e. The van der Waals surface area contributed by atoms with Crippen molar-refractivity contribution in [1.29, 1.82) is 0 Å². The highest BCUT2D eigenvalue weighted by Gasteiger charge is 2.24. The Bertz CT molecular complexity index is 560. The number of halogens is 1. The van der Waals surface area contributed by atoms with Crippen LogP contribution >= 0.6 is 11.6 Å². The molecule has 0 radical (unpaired) electrons. The number of carbonyl (C=O) groups is 2. The summed E-state index contributed by atoms with van der Waals surface area (Å²) in [5, 5.41) is 6.78. The molecule has 132 valence electrons. The van der Waals surface area contributed by atoms with Crippen LogP contribution in [-0.4, -0.2) is 49.2 Å². The van der Waals surface area contributed by atoms with E-state index in [0.29, 0.717) is 31.3 Å². The molecule has 2 N–H and O–H groups in total. The van der Waals surface area contributed by atoms with Crippen molar-refractivity contribution in [1.82, 2.24) is 15.5 Å². The summed E-state index contributed by atoms with van der Waals surface area (Å²) in [6.45, 7) is 4.18. The Morgan fingerprint density at radius 1 is 1.29 bits per heavy atom. The largest absolute Gasteiger partial charge is 0.450 e. The van der Waals surface area contributed by atoms with Gasteiger partial charge in [-0.1, -0.05) is 29.8 Å². The number of ether oxygens (including phenoxy) is 1. The molecule has 0 unspecified atom stereocenters. The van der Waals surface area contributed by atoms with E-state index in [9.17, 15) is 9.59 Å². The summed E-state index contributed by atoms with van der Waals surface area (Å²) in [5.41, 5.74) is 0.967. The van der Waals surface area contributed by atoms with E-state index >= 15 is 0 Å². The van der Waals surface area contributed by atoms with Crippen LogP contribution in [0.2, 0.25) is 5.02 Å². The second-order valence-corrected chi connectivity index (χ2v) is 6.13. The Morgan fingerprint density at radius 2 is 2.00 bits per heavy atom. The average molecular weight is 354 g/mol. The first-order chi connectivity index (χ1) is 11.6. The number of piperidine rings is 1. The summed E-state index contributed by atoms with van der Waals surface area (Å²) < 4.78 is 4.98. The minimum absolute atomic E-state index is 0.0448. The number of hydrogen-bond donors (Lipinski definition) is 2. The average Bonchev–Trinajstić information content (AvgIpc) is 2.57. The first-order valence-corrected chi connectivity index (χ1v) is 8.63. The van der Waals surface area contributed by atoms with Crippen LogP contribution in [0.15, 0.2) is 24.3 Å². The second kappa shape index (κ2) is 9.49. The highest BCUT2D eigenvalue weighted by atomic mass is 35.5. The molecule has 0 bridgehead atoms. The number of benzene rings is 1. The molecule has 1 aliphatic heterocycles. The van der Waals surface area contributed by atoms with E-state index in [4.69, 9.17) is 16.3 Å². The van der Waals surface area contributed by atoms with E-state index < -0.39 is 0 Å². The summed E-state index contributed by atoms with van der Waals surface area (Å²) in [6.07, 6.45) is 1.22. The van der Waals surface area contributed by atoms with Gasteiger partial charge in [0.05, 0.1) is 13.2 Å². The number of likely N-dealkylation sites (tertiary alicyclic amines) is 1. The van der Waals surface area contributed by atoms with Crippen LogP contribution in [0, 0.1) is 0 Å². The molecule has 0 saturated carbocycles. The molecule has 0 aliphatic carbocycles. The van der Waals surface area contributed by atoms with Gasteiger partial charge in [0.15, 0.2) is 0 Å². The standard InChI is InChI=1S/C17H24ClN3O3/c1-2-24-17(23)21-9-7-14(8-10-21)20-16(22)12-19-11-13-5-3-4-6-15(13)18/h3-6,14,19H,2,7-12H2,1H3,(H,20,22). The molecule has 2 amide bonds. The molecule has 1 aromatic carbocycles. The molecular formula is C17H24ClN3O3. The maximum absolute atomic E-state index is 12.0. The summed E-state index contributed by atoms with van der Waals surface area (Å²) in [5.74, 6) is -0.0448. The first kappa shape index (κ1) is 18.5. The molecule has 1 saturated heterocycles. The molecule has 1 aliphatic rings.